The number of alkyl halides is 2. The van der Waals surface area contributed by atoms with E-state index in [0.29, 0.717) is 38.9 Å². The van der Waals surface area contributed by atoms with E-state index in [2.05, 4.69) is 0 Å². The van der Waals surface area contributed by atoms with Crippen LogP contribution in [0.1, 0.15) is 102 Å². The van der Waals surface area contributed by atoms with Crippen LogP contribution in [0.15, 0.2) is 72.8 Å². The zero-order valence-corrected chi connectivity index (χ0v) is 27.8. The number of esters is 1. The van der Waals surface area contributed by atoms with Gasteiger partial charge in [0.25, 0.3) is 0 Å². The molecule has 0 N–H and O–H groups in total. The van der Waals surface area contributed by atoms with Crippen molar-refractivity contribution in [2.45, 2.75) is 128 Å². The molecule has 1 unspecified atom stereocenters. The van der Waals surface area contributed by atoms with Crippen molar-refractivity contribution in [1.82, 2.24) is 0 Å². The predicted molar refractivity (Wildman–Crippen MR) is 178 cm³/mol. The van der Waals surface area contributed by atoms with Crippen molar-refractivity contribution >= 4 is 11.8 Å². The molecule has 1 saturated heterocycles. The molecule has 1 heterocycles. The van der Waals surface area contributed by atoms with Gasteiger partial charge in [0, 0.05) is 31.8 Å². The highest BCUT2D eigenvalue weighted by atomic mass is 19.3. The number of ether oxygens (including phenoxy) is 4. The largest absolute Gasteiger partial charge is 0.461 e. The summed E-state index contributed by atoms with van der Waals surface area (Å²) in [6.45, 7) is 3.16. The molecule has 47 heavy (non-hydrogen) atoms. The molecule has 1 aliphatic heterocycles. The molecule has 0 bridgehead atoms. The molecule has 2 fully saturated rings. The summed E-state index contributed by atoms with van der Waals surface area (Å²) < 4.78 is 53.6. The Balaban J connectivity index is 1.38. The van der Waals surface area contributed by atoms with Crippen molar-refractivity contribution in [3.8, 4) is 0 Å². The Morgan fingerprint density at radius 2 is 1.60 bits per heavy atom. The molecule has 0 radical (unpaired) electrons. The van der Waals surface area contributed by atoms with Crippen LogP contribution in [-0.2, 0) is 41.8 Å². The molecule has 2 aromatic carbocycles. The van der Waals surface area contributed by atoms with Crippen molar-refractivity contribution in [1.29, 1.82) is 0 Å². The van der Waals surface area contributed by atoms with Crippen LogP contribution in [0.25, 0.3) is 0 Å². The van der Waals surface area contributed by atoms with E-state index in [0.717, 1.165) is 68.6 Å². The van der Waals surface area contributed by atoms with Gasteiger partial charge < -0.3 is 18.9 Å². The second kappa shape index (κ2) is 19.8. The van der Waals surface area contributed by atoms with Crippen LogP contribution in [0, 0.1) is 11.8 Å². The van der Waals surface area contributed by atoms with E-state index in [1.807, 2.05) is 67.6 Å². The quantitative estimate of drug-likeness (QED) is 0.0806. The molecule has 0 aromatic heterocycles. The van der Waals surface area contributed by atoms with Gasteiger partial charge in [0.15, 0.2) is 6.29 Å². The fourth-order valence-corrected chi connectivity index (χ4v) is 6.51. The SMILES string of the molecule is CCCCC(F)(F)C(=O)C=C[C@@H]1[C@@H](CCCCCCC(=O)OCc2ccccc2)[C@@H](OC2CCCCO2)C[C@H]1OCc1ccccc1. The monoisotopic (exact) mass is 654 g/mol. The second-order valence-electron chi connectivity index (χ2n) is 12.9. The summed E-state index contributed by atoms with van der Waals surface area (Å²) in [7, 11) is 0. The van der Waals surface area contributed by atoms with Crippen LogP contribution < -0.4 is 0 Å². The zero-order valence-electron chi connectivity index (χ0n) is 27.8. The lowest BCUT2D eigenvalue weighted by Gasteiger charge is -2.30. The summed E-state index contributed by atoms with van der Waals surface area (Å²) in [5.41, 5.74) is 1.99. The van der Waals surface area contributed by atoms with Gasteiger partial charge in [-0.1, -0.05) is 99.3 Å². The molecule has 0 spiro atoms. The highest BCUT2D eigenvalue weighted by Gasteiger charge is 2.45. The van der Waals surface area contributed by atoms with Crippen molar-refractivity contribution in [2.75, 3.05) is 6.61 Å². The summed E-state index contributed by atoms with van der Waals surface area (Å²) in [4.78, 5) is 24.9. The van der Waals surface area contributed by atoms with E-state index >= 15 is 0 Å². The Hall–Kier alpha value is -2.94. The number of allylic oxidation sites excluding steroid dienone is 1. The fourth-order valence-electron chi connectivity index (χ4n) is 6.51. The van der Waals surface area contributed by atoms with Crippen LogP contribution in [0.5, 0.6) is 0 Å². The topological polar surface area (TPSA) is 71.1 Å². The minimum absolute atomic E-state index is 0.0227. The van der Waals surface area contributed by atoms with Gasteiger partial charge in [-0.15, -0.1) is 0 Å². The van der Waals surface area contributed by atoms with Crippen molar-refractivity contribution in [3.63, 3.8) is 0 Å². The van der Waals surface area contributed by atoms with Gasteiger partial charge >= 0.3 is 11.9 Å². The maximum absolute atomic E-state index is 14.6. The molecule has 2 aliphatic rings. The first-order valence-corrected chi connectivity index (χ1v) is 17.6. The number of carbonyl (C=O) groups is 2. The van der Waals surface area contributed by atoms with Crippen LogP contribution in [0.3, 0.4) is 0 Å². The molecule has 0 amide bonds. The lowest BCUT2D eigenvalue weighted by atomic mass is 9.87. The van der Waals surface area contributed by atoms with Gasteiger partial charge in [-0.05, 0) is 61.6 Å². The van der Waals surface area contributed by atoms with Gasteiger partial charge in [0.05, 0.1) is 18.8 Å². The first-order chi connectivity index (χ1) is 22.9. The second-order valence-corrected chi connectivity index (χ2v) is 12.9. The van der Waals surface area contributed by atoms with Gasteiger partial charge in [-0.25, -0.2) is 0 Å². The molecule has 8 heteroatoms. The third-order valence-electron chi connectivity index (χ3n) is 9.22. The highest BCUT2D eigenvalue weighted by molar-refractivity contribution is 5.95. The molecule has 1 aliphatic carbocycles. The Labute approximate surface area is 279 Å². The molecule has 5 atom stereocenters. The van der Waals surface area contributed by atoms with Gasteiger partial charge in [-0.3, -0.25) is 9.59 Å². The molecule has 4 rings (SSSR count). The summed E-state index contributed by atoms with van der Waals surface area (Å²) in [5.74, 6) is -5.01. The van der Waals surface area contributed by atoms with Crippen LogP contribution in [-0.4, -0.2) is 42.8 Å². The first kappa shape index (κ1) is 36.9. The van der Waals surface area contributed by atoms with E-state index in [1.54, 1.807) is 6.08 Å². The lowest BCUT2D eigenvalue weighted by Crippen LogP contribution is -2.31. The van der Waals surface area contributed by atoms with Crippen molar-refractivity contribution in [3.05, 3.63) is 83.9 Å². The molecular weight excluding hydrogens is 602 g/mol. The number of hydrogen-bond acceptors (Lipinski definition) is 6. The first-order valence-electron chi connectivity index (χ1n) is 17.6. The van der Waals surface area contributed by atoms with E-state index < -0.39 is 18.1 Å². The van der Waals surface area contributed by atoms with Crippen molar-refractivity contribution < 1.29 is 37.3 Å². The molecule has 2 aromatic rings. The third kappa shape index (κ3) is 12.5. The highest BCUT2D eigenvalue weighted by Crippen LogP contribution is 2.42. The Kier molecular flexibility index (Phi) is 15.5. The standard InChI is InChI=1S/C39H52F2O6/c1-2-3-25-39(40,41)36(42)24-23-33-32(20-12-4-5-13-21-37(43)46-29-31-18-10-7-11-19-31)35(47-38-22-14-15-26-44-38)27-34(33)45-28-30-16-8-6-9-17-30/h6-11,16-19,23-24,32-35,38H,2-5,12-15,20-22,25-29H2,1H3/t32-,33-,34-,35+,38?/m1/s1. The average molecular weight is 655 g/mol. The summed E-state index contributed by atoms with van der Waals surface area (Å²) >= 11 is 0. The Bertz CT molecular complexity index is 1210. The number of benzene rings is 2. The Morgan fingerprint density at radius 3 is 2.28 bits per heavy atom. The lowest BCUT2D eigenvalue weighted by molar-refractivity contribution is -0.196. The minimum Gasteiger partial charge on any atom is -0.461 e. The van der Waals surface area contributed by atoms with E-state index in [9.17, 15) is 18.4 Å². The number of unbranched alkanes of at least 4 members (excludes halogenated alkanes) is 4. The van der Waals surface area contributed by atoms with Gasteiger partial charge in [-0.2, -0.15) is 8.78 Å². The minimum atomic E-state index is -3.38. The summed E-state index contributed by atoms with van der Waals surface area (Å²) in [6.07, 6.45) is 10.5. The van der Waals surface area contributed by atoms with Crippen molar-refractivity contribution in [2.24, 2.45) is 11.8 Å². The number of rotatable bonds is 20. The average Bonchev–Trinajstić information content (AvgIpc) is 3.42. The molecular formula is C39H52F2O6. The predicted octanol–water partition coefficient (Wildman–Crippen LogP) is 9.15. The van der Waals surface area contributed by atoms with E-state index in [1.165, 1.54) is 0 Å². The summed E-state index contributed by atoms with van der Waals surface area (Å²) in [6, 6.07) is 19.5. The van der Waals surface area contributed by atoms with Crippen LogP contribution >= 0.6 is 0 Å². The smallest absolute Gasteiger partial charge is 0.309 e. The van der Waals surface area contributed by atoms with E-state index in [-0.39, 0.29) is 42.9 Å². The number of carbonyl (C=O) groups excluding carboxylic acids is 2. The third-order valence-corrected chi connectivity index (χ3v) is 9.22. The molecule has 1 saturated carbocycles. The maximum Gasteiger partial charge on any atom is 0.309 e. The number of halogens is 2. The van der Waals surface area contributed by atoms with Crippen LogP contribution in [0.4, 0.5) is 8.78 Å². The normalized spacial score (nSPS) is 23.3. The molecule has 6 nitrogen and oxygen atoms in total. The van der Waals surface area contributed by atoms with Gasteiger partial charge in [0.1, 0.15) is 6.61 Å². The summed E-state index contributed by atoms with van der Waals surface area (Å²) in [5, 5.41) is 0. The van der Waals surface area contributed by atoms with Crippen LogP contribution in [0.2, 0.25) is 0 Å². The number of hydrogen-bond donors (Lipinski definition) is 0. The fraction of sp³-hybridized carbons (Fsp3) is 0.590. The zero-order chi connectivity index (χ0) is 33.3. The number of ketones is 1. The maximum atomic E-state index is 14.6. The van der Waals surface area contributed by atoms with Gasteiger partial charge in [0.2, 0.25) is 5.78 Å². The molecule has 258 valence electrons. The van der Waals surface area contributed by atoms with E-state index in [4.69, 9.17) is 18.9 Å². The Morgan fingerprint density at radius 1 is 0.894 bits per heavy atom.